The number of hydrogen-bond acceptors (Lipinski definition) is 5. The second-order valence-electron chi connectivity index (χ2n) is 4.33. The molecule has 0 aliphatic heterocycles. The predicted octanol–water partition coefficient (Wildman–Crippen LogP) is 2.00. The van der Waals surface area contributed by atoms with Gasteiger partial charge in [0.25, 0.3) is 0 Å². The van der Waals surface area contributed by atoms with Crippen molar-refractivity contribution in [2.45, 2.75) is 44.3 Å². The monoisotopic (exact) mass is 314 g/mol. The summed E-state index contributed by atoms with van der Waals surface area (Å²) in [6, 6.07) is 0. The molecule has 0 unspecified atom stereocenters. The lowest BCUT2D eigenvalue weighted by atomic mass is 10.3. The van der Waals surface area contributed by atoms with Crippen molar-refractivity contribution in [3.8, 4) is 0 Å². The Hall–Kier alpha value is -1.05. The van der Waals surface area contributed by atoms with Gasteiger partial charge >= 0.3 is 0 Å². The van der Waals surface area contributed by atoms with E-state index in [1.54, 1.807) is 11.8 Å². The first kappa shape index (κ1) is 15.3. The third kappa shape index (κ3) is 2.84. The van der Waals surface area contributed by atoms with Gasteiger partial charge < -0.3 is 10.3 Å². The quantitative estimate of drug-likeness (QED) is 0.825. The maximum Gasteiger partial charge on any atom is 0.191 e. The van der Waals surface area contributed by atoms with Gasteiger partial charge in [-0.1, -0.05) is 30.3 Å². The second-order valence-corrected chi connectivity index (χ2v) is 5.65. The minimum atomic E-state index is 0.387. The highest BCUT2D eigenvalue weighted by Crippen LogP contribution is 2.28. The van der Waals surface area contributed by atoms with Crippen LogP contribution in [0.2, 0.25) is 5.02 Å². The van der Waals surface area contributed by atoms with E-state index in [1.807, 2.05) is 16.3 Å². The molecule has 110 valence electrons. The third-order valence-corrected chi connectivity index (χ3v) is 4.61. The molecule has 0 aliphatic rings. The number of nitrogens with zero attached hydrogens (tertiary/aromatic N) is 5. The van der Waals surface area contributed by atoms with Gasteiger partial charge in [0.2, 0.25) is 0 Å². The summed E-state index contributed by atoms with van der Waals surface area (Å²) in [5.41, 5.74) is 7.58. The number of hydrogen-bond donors (Lipinski definition) is 1. The second kappa shape index (κ2) is 6.60. The molecule has 2 aromatic rings. The van der Waals surface area contributed by atoms with Crippen molar-refractivity contribution >= 4 is 23.4 Å². The molecule has 0 radical (unpaired) electrons. The van der Waals surface area contributed by atoms with Crippen molar-refractivity contribution in [3.63, 3.8) is 0 Å². The van der Waals surface area contributed by atoms with Crippen molar-refractivity contribution in [1.82, 2.24) is 24.5 Å². The minimum Gasteiger partial charge on any atom is -0.324 e. The molecular formula is C12H19ClN6S. The highest BCUT2D eigenvalue weighted by molar-refractivity contribution is 7.98. The molecule has 2 aromatic heterocycles. The largest absolute Gasteiger partial charge is 0.324 e. The lowest BCUT2D eigenvalue weighted by Gasteiger charge is -2.05. The van der Waals surface area contributed by atoms with Gasteiger partial charge in [0.1, 0.15) is 5.82 Å². The predicted molar refractivity (Wildman–Crippen MR) is 80.7 cm³/mol. The highest BCUT2D eigenvalue weighted by atomic mass is 35.5. The zero-order valence-electron chi connectivity index (χ0n) is 11.9. The topological polar surface area (TPSA) is 74.6 Å². The Kier molecular flexibility index (Phi) is 5.06. The van der Waals surface area contributed by atoms with Crippen LogP contribution in [0.25, 0.3) is 0 Å². The average Bonchev–Trinajstić information content (AvgIpc) is 2.97. The molecule has 2 N–H and O–H groups in total. The summed E-state index contributed by atoms with van der Waals surface area (Å²) in [4.78, 5) is 0. The van der Waals surface area contributed by atoms with E-state index in [4.69, 9.17) is 17.3 Å². The lowest BCUT2D eigenvalue weighted by molar-refractivity contribution is 0.627. The van der Waals surface area contributed by atoms with Crippen LogP contribution in [0.5, 0.6) is 0 Å². The Bertz CT molecular complexity index is 591. The molecule has 0 atom stereocenters. The van der Waals surface area contributed by atoms with Gasteiger partial charge in [0.15, 0.2) is 5.16 Å². The number of rotatable bonds is 6. The molecule has 0 aliphatic carbocycles. The van der Waals surface area contributed by atoms with Crippen LogP contribution in [0.3, 0.4) is 0 Å². The number of halogens is 1. The molecule has 0 amide bonds. The average molecular weight is 315 g/mol. The molecule has 2 heterocycles. The molecule has 20 heavy (non-hydrogen) atoms. The number of thioether (sulfide) groups is 1. The lowest BCUT2D eigenvalue weighted by Crippen LogP contribution is -2.05. The Balaban J connectivity index is 2.18. The van der Waals surface area contributed by atoms with Crippen LogP contribution in [-0.4, -0.2) is 24.5 Å². The Labute approximate surface area is 127 Å². The van der Waals surface area contributed by atoms with Gasteiger partial charge in [0, 0.05) is 19.3 Å². The van der Waals surface area contributed by atoms with E-state index in [1.165, 1.54) is 0 Å². The van der Waals surface area contributed by atoms with Crippen LogP contribution in [0, 0.1) is 0 Å². The van der Waals surface area contributed by atoms with Crippen LogP contribution in [0.1, 0.15) is 31.1 Å². The molecule has 0 spiro atoms. The van der Waals surface area contributed by atoms with Gasteiger partial charge in [-0.3, -0.25) is 4.68 Å². The summed E-state index contributed by atoms with van der Waals surface area (Å²) in [6.07, 6.45) is 0.838. The van der Waals surface area contributed by atoms with Crippen molar-refractivity contribution < 1.29 is 0 Å². The zero-order chi connectivity index (χ0) is 14.7. The van der Waals surface area contributed by atoms with Crippen LogP contribution in [0.4, 0.5) is 0 Å². The molecule has 2 rings (SSSR count). The molecule has 6 nitrogen and oxygen atoms in total. The van der Waals surface area contributed by atoms with Crippen LogP contribution >= 0.6 is 23.4 Å². The standard InChI is InChI=1S/C12H19ClN6S/c1-4-8-11(13)9(19(5-2)17-8)7-20-12-16-15-10(6-14)18(12)3/h4-7,14H2,1-3H3. The molecule has 8 heteroatoms. The van der Waals surface area contributed by atoms with E-state index in [0.29, 0.717) is 6.54 Å². The Morgan fingerprint density at radius 3 is 2.60 bits per heavy atom. The van der Waals surface area contributed by atoms with Crippen LogP contribution in [0.15, 0.2) is 5.16 Å². The first-order chi connectivity index (χ1) is 9.62. The van der Waals surface area contributed by atoms with Crippen LogP contribution < -0.4 is 5.73 Å². The van der Waals surface area contributed by atoms with E-state index >= 15 is 0 Å². The van der Waals surface area contributed by atoms with Gasteiger partial charge in [-0.15, -0.1) is 10.2 Å². The normalized spacial score (nSPS) is 11.2. The van der Waals surface area contributed by atoms with Crippen molar-refractivity contribution in [1.29, 1.82) is 0 Å². The number of nitrogens with two attached hydrogens (primary N) is 1. The zero-order valence-corrected chi connectivity index (χ0v) is 13.5. The smallest absolute Gasteiger partial charge is 0.191 e. The highest BCUT2D eigenvalue weighted by Gasteiger charge is 2.16. The summed E-state index contributed by atoms with van der Waals surface area (Å²) in [5, 5.41) is 14.3. The maximum absolute atomic E-state index is 6.39. The van der Waals surface area contributed by atoms with Crippen LogP contribution in [-0.2, 0) is 32.3 Å². The molecule has 0 fully saturated rings. The molecule has 0 aromatic carbocycles. The third-order valence-electron chi connectivity index (χ3n) is 3.14. The van der Waals surface area contributed by atoms with Crippen molar-refractivity contribution in [2.75, 3.05) is 0 Å². The van der Waals surface area contributed by atoms with E-state index in [0.717, 1.165) is 46.1 Å². The summed E-state index contributed by atoms with van der Waals surface area (Å²) >= 11 is 7.98. The fraction of sp³-hybridized carbons (Fsp3) is 0.583. The molecule has 0 bridgehead atoms. The molecule has 0 saturated carbocycles. The van der Waals surface area contributed by atoms with E-state index in [2.05, 4.69) is 29.1 Å². The maximum atomic E-state index is 6.39. The van der Waals surface area contributed by atoms with E-state index in [9.17, 15) is 0 Å². The van der Waals surface area contributed by atoms with Gasteiger partial charge in [-0.2, -0.15) is 5.10 Å². The Morgan fingerprint density at radius 2 is 2.05 bits per heavy atom. The summed E-state index contributed by atoms with van der Waals surface area (Å²) in [7, 11) is 1.92. The molecular weight excluding hydrogens is 296 g/mol. The van der Waals surface area contributed by atoms with Gasteiger partial charge in [0.05, 0.1) is 23.0 Å². The van der Waals surface area contributed by atoms with E-state index < -0.39 is 0 Å². The Morgan fingerprint density at radius 1 is 1.30 bits per heavy atom. The van der Waals surface area contributed by atoms with Crippen molar-refractivity contribution in [3.05, 3.63) is 22.2 Å². The first-order valence-electron chi connectivity index (χ1n) is 6.57. The minimum absolute atomic E-state index is 0.387. The van der Waals surface area contributed by atoms with Gasteiger partial charge in [-0.05, 0) is 13.3 Å². The summed E-state index contributed by atoms with van der Waals surface area (Å²) < 4.78 is 3.86. The number of aromatic nitrogens is 5. The van der Waals surface area contributed by atoms with E-state index in [-0.39, 0.29) is 0 Å². The summed E-state index contributed by atoms with van der Waals surface area (Å²) in [5.74, 6) is 1.49. The van der Waals surface area contributed by atoms with Crippen molar-refractivity contribution in [2.24, 2.45) is 12.8 Å². The number of aryl methyl sites for hydroxylation is 2. The summed E-state index contributed by atoms with van der Waals surface area (Å²) in [6.45, 7) is 5.31. The van der Waals surface area contributed by atoms with Gasteiger partial charge in [-0.25, -0.2) is 0 Å². The fourth-order valence-corrected chi connectivity index (χ4v) is 3.31. The fourth-order valence-electron chi connectivity index (χ4n) is 1.94. The SMILES string of the molecule is CCc1nn(CC)c(CSc2nnc(CN)n2C)c1Cl. The first-order valence-corrected chi connectivity index (χ1v) is 7.93. The molecule has 0 saturated heterocycles.